The van der Waals surface area contributed by atoms with E-state index in [4.69, 9.17) is 5.84 Å². The van der Waals surface area contributed by atoms with Crippen LogP contribution in [0.25, 0.3) is 0 Å². The van der Waals surface area contributed by atoms with E-state index in [0.29, 0.717) is 6.04 Å². The molecule has 1 saturated heterocycles. The van der Waals surface area contributed by atoms with Gasteiger partial charge in [0.1, 0.15) is 0 Å². The quantitative estimate of drug-likeness (QED) is 0.615. The number of hydrogen-bond donors (Lipinski definition) is 2. The highest BCUT2D eigenvalue weighted by atomic mass is 15.2. The standard InChI is InChI=1S/C13H23N5/c1-11-9-17(2)6-3-7-18(11)10-13-8-12(16-14)4-5-15-13/h4-5,8,11H,3,6-7,9-10,14H2,1-2H3,(H,15,16). The minimum absolute atomic E-state index is 0.564. The first-order valence-electron chi connectivity index (χ1n) is 6.53. The molecule has 5 nitrogen and oxygen atoms in total. The lowest BCUT2D eigenvalue weighted by Crippen LogP contribution is -2.37. The minimum Gasteiger partial charge on any atom is -0.324 e. The molecule has 3 N–H and O–H groups in total. The first kappa shape index (κ1) is 13.3. The van der Waals surface area contributed by atoms with Gasteiger partial charge in [0.2, 0.25) is 0 Å². The summed E-state index contributed by atoms with van der Waals surface area (Å²) in [5.41, 5.74) is 4.66. The van der Waals surface area contributed by atoms with Gasteiger partial charge in [0.05, 0.1) is 11.4 Å². The van der Waals surface area contributed by atoms with Crippen LogP contribution in [0, 0.1) is 0 Å². The monoisotopic (exact) mass is 249 g/mol. The SMILES string of the molecule is CC1CN(C)CCCN1Cc1cc(NN)ccn1. The van der Waals surface area contributed by atoms with Crippen molar-refractivity contribution in [2.45, 2.75) is 25.9 Å². The van der Waals surface area contributed by atoms with Gasteiger partial charge in [-0.25, -0.2) is 0 Å². The van der Waals surface area contributed by atoms with E-state index < -0.39 is 0 Å². The predicted octanol–water partition coefficient (Wildman–Crippen LogP) is 0.893. The molecular weight excluding hydrogens is 226 g/mol. The van der Waals surface area contributed by atoms with Crippen LogP contribution in [-0.2, 0) is 6.54 Å². The predicted molar refractivity (Wildman–Crippen MR) is 74.0 cm³/mol. The maximum atomic E-state index is 5.42. The van der Waals surface area contributed by atoms with Gasteiger partial charge in [0.25, 0.3) is 0 Å². The molecule has 1 aliphatic rings. The smallest absolute Gasteiger partial charge is 0.0565 e. The van der Waals surface area contributed by atoms with Crippen molar-refractivity contribution in [2.24, 2.45) is 5.84 Å². The zero-order valence-corrected chi connectivity index (χ0v) is 11.3. The Morgan fingerprint density at radius 1 is 1.50 bits per heavy atom. The van der Waals surface area contributed by atoms with E-state index in [1.54, 1.807) is 6.20 Å². The highest BCUT2D eigenvalue weighted by Crippen LogP contribution is 2.14. The molecule has 2 heterocycles. The van der Waals surface area contributed by atoms with Crippen molar-refractivity contribution in [3.8, 4) is 0 Å². The summed E-state index contributed by atoms with van der Waals surface area (Å²) in [5.74, 6) is 5.42. The Balaban J connectivity index is 2.02. The molecule has 1 aromatic rings. The number of nitrogen functional groups attached to an aromatic ring is 1. The lowest BCUT2D eigenvalue weighted by atomic mass is 10.2. The number of likely N-dealkylation sites (N-methyl/N-ethyl adjacent to an activating group) is 1. The second kappa shape index (κ2) is 6.13. The second-order valence-corrected chi connectivity index (χ2v) is 5.12. The molecule has 18 heavy (non-hydrogen) atoms. The van der Waals surface area contributed by atoms with Crippen LogP contribution in [0.4, 0.5) is 5.69 Å². The molecule has 0 aromatic carbocycles. The van der Waals surface area contributed by atoms with Crippen molar-refractivity contribution < 1.29 is 0 Å². The van der Waals surface area contributed by atoms with Crippen LogP contribution in [0.3, 0.4) is 0 Å². The molecule has 1 atom stereocenters. The molecule has 0 bridgehead atoms. The number of anilines is 1. The highest BCUT2D eigenvalue weighted by Gasteiger charge is 2.19. The fourth-order valence-corrected chi connectivity index (χ4v) is 2.52. The normalized spacial score (nSPS) is 22.7. The molecule has 100 valence electrons. The summed E-state index contributed by atoms with van der Waals surface area (Å²) in [4.78, 5) is 9.31. The van der Waals surface area contributed by atoms with Crippen LogP contribution >= 0.6 is 0 Å². The summed E-state index contributed by atoms with van der Waals surface area (Å²) in [6.45, 7) is 6.61. The first-order chi connectivity index (χ1) is 8.69. The van der Waals surface area contributed by atoms with Gasteiger partial charge in [-0.1, -0.05) is 0 Å². The van der Waals surface area contributed by atoms with E-state index in [1.165, 1.54) is 13.0 Å². The lowest BCUT2D eigenvalue weighted by molar-refractivity contribution is 0.192. The Morgan fingerprint density at radius 2 is 2.33 bits per heavy atom. The van der Waals surface area contributed by atoms with Gasteiger partial charge in [0, 0.05) is 31.9 Å². The largest absolute Gasteiger partial charge is 0.324 e. The van der Waals surface area contributed by atoms with Crippen molar-refractivity contribution in [3.05, 3.63) is 24.0 Å². The van der Waals surface area contributed by atoms with Crippen LogP contribution in [-0.4, -0.2) is 47.5 Å². The minimum atomic E-state index is 0.564. The number of hydrogen-bond acceptors (Lipinski definition) is 5. The Kier molecular flexibility index (Phi) is 4.52. The van der Waals surface area contributed by atoms with Gasteiger partial charge in [0.15, 0.2) is 0 Å². The van der Waals surface area contributed by atoms with Gasteiger partial charge >= 0.3 is 0 Å². The lowest BCUT2D eigenvalue weighted by Gasteiger charge is -2.27. The number of nitrogens with zero attached hydrogens (tertiary/aromatic N) is 3. The average molecular weight is 249 g/mol. The molecule has 0 saturated carbocycles. The Bertz CT molecular complexity index is 381. The average Bonchev–Trinajstić information content (AvgIpc) is 2.52. The van der Waals surface area contributed by atoms with E-state index in [-0.39, 0.29) is 0 Å². The topological polar surface area (TPSA) is 57.4 Å². The number of aromatic nitrogens is 1. The summed E-state index contributed by atoms with van der Waals surface area (Å²) in [6.07, 6.45) is 3.02. The molecule has 1 aliphatic heterocycles. The number of hydrazine groups is 1. The van der Waals surface area contributed by atoms with Crippen molar-refractivity contribution in [1.29, 1.82) is 0 Å². The van der Waals surface area contributed by atoms with E-state index in [2.05, 4.69) is 34.2 Å². The molecule has 1 fully saturated rings. The molecule has 1 unspecified atom stereocenters. The second-order valence-electron chi connectivity index (χ2n) is 5.12. The zero-order chi connectivity index (χ0) is 13.0. The Hall–Kier alpha value is -1.17. The number of nitrogens with two attached hydrogens (primary N) is 1. The molecule has 0 spiro atoms. The summed E-state index contributed by atoms with van der Waals surface area (Å²) in [6, 6.07) is 4.46. The molecule has 5 heteroatoms. The van der Waals surface area contributed by atoms with Crippen molar-refractivity contribution in [1.82, 2.24) is 14.8 Å². The molecule has 0 radical (unpaired) electrons. The number of rotatable bonds is 3. The summed E-state index contributed by atoms with van der Waals surface area (Å²) in [7, 11) is 2.19. The third kappa shape index (κ3) is 3.41. The molecule has 1 aromatic heterocycles. The number of pyridine rings is 1. The van der Waals surface area contributed by atoms with Gasteiger partial charge in [-0.05, 0) is 39.1 Å². The molecule has 0 amide bonds. The third-order valence-electron chi connectivity index (χ3n) is 3.53. The Labute approximate surface area is 109 Å². The maximum Gasteiger partial charge on any atom is 0.0565 e. The first-order valence-corrected chi connectivity index (χ1v) is 6.53. The van der Waals surface area contributed by atoms with Crippen LogP contribution in [0.1, 0.15) is 19.0 Å². The van der Waals surface area contributed by atoms with E-state index in [1.807, 2.05) is 12.1 Å². The summed E-state index contributed by atoms with van der Waals surface area (Å²) in [5, 5.41) is 0. The molecule has 2 rings (SSSR count). The van der Waals surface area contributed by atoms with Crippen LogP contribution in [0.2, 0.25) is 0 Å². The maximum absolute atomic E-state index is 5.42. The van der Waals surface area contributed by atoms with Crippen LogP contribution in [0.15, 0.2) is 18.3 Å². The summed E-state index contributed by atoms with van der Waals surface area (Å²) < 4.78 is 0. The highest BCUT2D eigenvalue weighted by molar-refractivity contribution is 5.41. The van der Waals surface area contributed by atoms with Gasteiger partial charge in [-0.2, -0.15) is 0 Å². The number of nitrogens with one attached hydrogen (secondary N) is 1. The van der Waals surface area contributed by atoms with Crippen LogP contribution < -0.4 is 11.3 Å². The van der Waals surface area contributed by atoms with Crippen molar-refractivity contribution in [3.63, 3.8) is 0 Å². The fraction of sp³-hybridized carbons (Fsp3) is 0.615. The fourth-order valence-electron chi connectivity index (χ4n) is 2.52. The van der Waals surface area contributed by atoms with Crippen LogP contribution in [0.5, 0.6) is 0 Å². The van der Waals surface area contributed by atoms with E-state index in [0.717, 1.165) is 31.0 Å². The Morgan fingerprint density at radius 3 is 3.11 bits per heavy atom. The molecule has 0 aliphatic carbocycles. The zero-order valence-electron chi connectivity index (χ0n) is 11.3. The summed E-state index contributed by atoms with van der Waals surface area (Å²) >= 11 is 0. The van der Waals surface area contributed by atoms with Crippen molar-refractivity contribution in [2.75, 3.05) is 32.1 Å². The van der Waals surface area contributed by atoms with Gasteiger partial charge in [-0.3, -0.25) is 15.7 Å². The molecular formula is C13H23N5. The van der Waals surface area contributed by atoms with Crippen molar-refractivity contribution >= 4 is 5.69 Å². The third-order valence-corrected chi connectivity index (χ3v) is 3.53. The van der Waals surface area contributed by atoms with E-state index in [9.17, 15) is 0 Å². The van der Waals surface area contributed by atoms with Gasteiger partial charge in [-0.15, -0.1) is 0 Å². The van der Waals surface area contributed by atoms with E-state index >= 15 is 0 Å². The van der Waals surface area contributed by atoms with Gasteiger partial charge < -0.3 is 10.3 Å².